The van der Waals surface area contributed by atoms with Gasteiger partial charge in [-0.1, -0.05) is 49.1 Å². The number of pyridine rings is 3. The largest absolute Gasteiger partial charge is 0.496 e. The zero-order valence-electron chi connectivity index (χ0n) is 40.6. The number of aliphatic imine (C=N–C) groups is 1. The topological polar surface area (TPSA) is 170 Å². The SMILES string of the molecule is C/C=C(\C=NC)c1cnc2c(c1)nc(N)n2Cc1ccc(SCc2csc(C(F)C3(C)CCC(C#Cc4cnc5c(c4)nc(N)n5Cc4ccc(CCc5ccc(SC)nc5)c(OC)c4)C3)n2)c(OC)c1. The summed E-state index contributed by atoms with van der Waals surface area (Å²) in [6.45, 7) is 4.94. The third-order valence-electron chi connectivity index (χ3n) is 13.1. The smallest absolute Gasteiger partial charge is 0.202 e. The number of halogens is 1. The second-order valence-electron chi connectivity index (χ2n) is 17.9. The van der Waals surface area contributed by atoms with Crippen LogP contribution in [0.25, 0.3) is 27.9 Å². The van der Waals surface area contributed by atoms with Gasteiger partial charge in [0.1, 0.15) is 27.5 Å². The number of thioether (sulfide) groups is 2. The number of nitrogen functional groups attached to an aromatic ring is 2. The van der Waals surface area contributed by atoms with Crippen molar-refractivity contribution in [3.05, 3.63) is 135 Å². The Balaban J connectivity index is 0.793. The standard InChI is InChI=1S/C54H56FN11O2S3/c1-7-38(27-58-3)40-23-43-50(61-28-40)66(53(57)64-43)30-37-12-16-46(45(22-37)68-5)70-31-41-32-71-51(62-41)48(55)54(2)19-18-33(24-54)8-9-35-20-42-49(60-26-35)65(52(56)63-42)29-36-11-15-39(44(21-36)67-4)14-10-34-13-17-47(69-6)59-25-34/h7,11-13,15-17,20-23,25-28,32-33,48H,10,14,18-19,24,29-31H2,1-6H3,(H2,56,63)(H2,57,64)/b38-7+,58-27?. The molecule has 13 nitrogen and oxygen atoms in total. The fourth-order valence-electron chi connectivity index (χ4n) is 9.16. The molecule has 1 aliphatic carbocycles. The third kappa shape index (κ3) is 10.9. The minimum absolute atomic E-state index is 0.0443. The van der Waals surface area contributed by atoms with Gasteiger partial charge in [0.2, 0.25) is 11.9 Å². The number of nitrogens with two attached hydrogens (primary N) is 2. The number of hydrogen-bond acceptors (Lipinski definition) is 14. The number of ether oxygens (including phenoxy) is 2. The lowest BCUT2D eigenvalue weighted by Gasteiger charge is -2.26. The molecule has 17 heteroatoms. The van der Waals surface area contributed by atoms with Crippen LogP contribution in [-0.2, 0) is 31.7 Å². The molecule has 364 valence electrons. The number of allylic oxidation sites excluding steroid dienone is 2. The van der Waals surface area contributed by atoms with Gasteiger partial charge in [-0.2, -0.15) is 0 Å². The fourth-order valence-corrected chi connectivity index (χ4v) is 11.5. The Morgan fingerprint density at radius 2 is 1.61 bits per heavy atom. The lowest BCUT2D eigenvalue weighted by Crippen LogP contribution is -2.19. The number of nitrogens with zero attached hydrogens (tertiary/aromatic N) is 9. The molecule has 0 amide bonds. The number of anilines is 2. The minimum atomic E-state index is -1.20. The molecule has 1 aliphatic rings. The van der Waals surface area contributed by atoms with E-state index in [2.05, 4.69) is 68.2 Å². The number of alkyl halides is 1. The zero-order chi connectivity index (χ0) is 49.6. The average Bonchev–Trinajstić information content (AvgIpc) is 4.18. The van der Waals surface area contributed by atoms with Crippen molar-refractivity contribution in [3.8, 4) is 23.3 Å². The number of fused-ring (bicyclic) bond motifs is 2. The first-order chi connectivity index (χ1) is 34.5. The van der Waals surface area contributed by atoms with E-state index >= 15 is 4.39 Å². The highest BCUT2D eigenvalue weighted by atomic mass is 32.2. The van der Waals surface area contributed by atoms with Crippen LogP contribution < -0.4 is 20.9 Å². The van der Waals surface area contributed by atoms with E-state index in [9.17, 15) is 0 Å². The summed E-state index contributed by atoms with van der Waals surface area (Å²) in [5.41, 5.74) is 22.8. The summed E-state index contributed by atoms with van der Waals surface area (Å²) in [6, 6.07) is 20.5. The molecule has 2 aromatic carbocycles. The lowest BCUT2D eigenvalue weighted by molar-refractivity contribution is 0.128. The van der Waals surface area contributed by atoms with Crippen LogP contribution in [0.3, 0.4) is 0 Å². The summed E-state index contributed by atoms with van der Waals surface area (Å²) in [7, 11) is 5.10. The summed E-state index contributed by atoms with van der Waals surface area (Å²) in [4.78, 5) is 33.1. The van der Waals surface area contributed by atoms with E-state index in [1.165, 1.54) is 16.9 Å². The van der Waals surface area contributed by atoms with Crippen molar-refractivity contribution in [3.63, 3.8) is 0 Å². The first-order valence-corrected chi connectivity index (χ1v) is 26.4. The Hall–Kier alpha value is -6.74. The molecule has 8 aromatic rings. The molecule has 0 aliphatic heterocycles. The molecule has 4 N–H and O–H groups in total. The molecule has 3 atom stereocenters. The highest BCUT2D eigenvalue weighted by molar-refractivity contribution is 7.98. The van der Waals surface area contributed by atoms with Crippen LogP contribution in [0.5, 0.6) is 11.5 Å². The van der Waals surface area contributed by atoms with Gasteiger partial charge in [0, 0.05) is 70.3 Å². The molecule has 9 rings (SSSR count). The molecule has 6 heterocycles. The molecule has 0 bridgehead atoms. The van der Waals surface area contributed by atoms with Gasteiger partial charge in [-0.25, -0.2) is 34.3 Å². The summed E-state index contributed by atoms with van der Waals surface area (Å²) in [5, 5.41) is 3.48. The molecular weight excluding hydrogens is 950 g/mol. The Morgan fingerprint density at radius 3 is 2.30 bits per heavy atom. The van der Waals surface area contributed by atoms with Crippen LogP contribution in [0.2, 0.25) is 0 Å². The third-order valence-corrected chi connectivity index (χ3v) is 15.7. The Labute approximate surface area is 425 Å². The van der Waals surface area contributed by atoms with E-state index in [4.69, 9.17) is 35.9 Å². The molecule has 0 spiro atoms. The van der Waals surface area contributed by atoms with E-state index < -0.39 is 11.6 Å². The molecular formula is C54H56FN11O2S3. The molecule has 3 unspecified atom stereocenters. The van der Waals surface area contributed by atoms with Gasteiger partial charge >= 0.3 is 0 Å². The van der Waals surface area contributed by atoms with E-state index in [0.717, 1.165) is 86.2 Å². The number of rotatable bonds is 17. The normalized spacial score (nSPS) is 16.5. The van der Waals surface area contributed by atoms with Crippen LogP contribution in [0, 0.1) is 23.2 Å². The number of aromatic nitrogens is 8. The maximum Gasteiger partial charge on any atom is 0.202 e. The summed E-state index contributed by atoms with van der Waals surface area (Å²) in [5.74, 6) is 9.68. The summed E-state index contributed by atoms with van der Waals surface area (Å²) < 4.78 is 31.9. The monoisotopic (exact) mass is 1010 g/mol. The van der Waals surface area contributed by atoms with Crippen molar-refractivity contribution in [2.24, 2.45) is 16.3 Å². The fraction of sp³-hybridized carbons (Fsp3) is 0.315. The van der Waals surface area contributed by atoms with E-state index in [1.807, 2.05) is 77.4 Å². The lowest BCUT2D eigenvalue weighted by atomic mass is 9.83. The highest BCUT2D eigenvalue weighted by Gasteiger charge is 2.43. The van der Waals surface area contributed by atoms with E-state index in [-0.39, 0.29) is 5.92 Å². The Kier molecular flexibility index (Phi) is 15.1. The average molecular weight is 1010 g/mol. The van der Waals surface area contributed by atoms with E-state index in [1.54, 1.807) is 57.2 Å². The summed E-state index contributed by atoms with van der Waals surface area (Å²) in [6.07, 6.45) is 14.0. The predicted octanol–water partition coefficient (Wildman–Crippen LogP) is 11.1. The van der Waals surface area contributed by atoms with Crippen LogP contribution in [0.15, 0.2) is 106 Å². The van der Waals surface area contributed by atoms with E-state index in [0.29, 0.717) is 64.5 Å². The maximum atomic E-state index is 16.4. The van der Waals surface area contributed by atoms with Gasteiger partial charge in [-0.05, 0) is 110 Å². The molecule has 71 heavy (non-hydrogen) atoms. The van der Waals surface area contributed by atoms with Gasteiger partial charge in [-0.15, -0.1) is 34.9 Å². The quantitative estimate of drug-likeness (QED) is 0.0503. The van der Waals surface area contributed by atoms with Crippen molar-refractivity contribution in [2.45, 2.75) is 80.9 Å². The number of methoxy groups -OCH3 is 2. The molecule has 1 saturated carbocycles. The van der Waals surface area contributed by atoms with Crippen molar-refractivity contribution >= 4 is 80.9 Å². The number of thiazole rings is 1. The highest BCUT2D eigenvalue weighted by Crippen LogP contribution is 2.52. The Morgan fingerprint density at radius 1 is 0.901 bits per heavy atom. The molecule has 1 fully saturated rings. The van der Waals surface area contributed by atoms with Gasteiger partial charge < -0.3 is 20.9 Å². The number of aryl methyl sites for hydroxylation is 2. The van der Waals surface area contributed by atoms with Crippen molar-refractivity contribution < 1.29 is 13.9 Å². The maximum absolute atomic E-state index is 16.4. The number of benzene rings is 2. The summed E-state index contributed by atoms with van der Waals surface area (Å²) >= 11 is 4.63. The van der Waals surface area contributed by atoms with Crippen molar-refractivity contribution in [1.29, 1.82) is 0 Å². The molecule has 0 radical (unpaired) electrons. The molecule has 0 saturated heterocycles. The van der Waals surface area contributed by atoms with Crippen LogP contribution in [-0.4, -0.2) is 72.8 Å². The Bertz CT molecular complexity index is 3340. The van der Waals surface area contributed by atoms with Crippen LogP contribution >= 0.6 is 34.9 Å². The number of hydrogen-bond donors (Lipinski definition) is 2. The first-order valence-electron chi connectivity index (χ1n) is 23.3. The molecule has 6 aromatic heterocycles. The van der Waals surface area contributed by atoms with Gasteiger partial charge in [0.25, 0.3) is 0 Å². The minimum Gasteiger partial charge on any atom is -0.496 e. The van der Waals surface area contributed by atoms with Crippen LogP contribution in [0.4, 0.5) is 16.3 Å². The van der Waals surface area contributed by atoms with Gasteiger partial charge in [0.05, 0.1) is 38.0 Å². The second kappa shape index (κ2) is 21.7. The second-order valence-corrected chi connectivity index (χ2v) is 20.6. The number of imidazole rings is 2. The van der Waals surface area contributed by atoms with Crippen molar-refractivity contribution in [2.75, 3.05) is 39.0 Å². The zero-order valence-corrected chi connectivity index (χ0v) is 43.1. The predicted molar refractivity (Wildman–Crippen MR) is 287 cm³/mol. The first kappa shape index (κ1) is 49.2. The van der Waals surface area contributed by atoms with Gasteiger partial charge in [-0.3, -0.25) is 14.1 Å². The van der Waals surface area contributed by atoms with Gasteiger partial charge in [0.15, 0.2) is 17.5 Å². The van der Waals surface area contributed by atoms with Crippen molar-refractivity contribution in [1.82, 2.24) is 39.0 Å². The van der Waals surface area contributed by atoms with Crippen LogP contribution in [0.1, 0.15) is 83.4 Å².